The number of H-pyrrole nitrogens is 2. The van der Waals surface area contributed by atoms with Gasteiger partial charge in [-0.05, 0) is 85.3 Å². The van der Waals surface area contributed by atoms with Gasteiger partial charge >= 0.3 is 6.09 Å². The monoisotopic (exact) mass is 759 g/mol. The van der Waals surface area contributed by atoms with E-state index in [4.69, 9.17) is 19.4 Å². The number of fused-ring (bicyclic) bond motifs is 1. The first-order chi connectivity index (χ1) is 26.9. The number of nitrogens with one attached hydrogen (secondary N) is 3. The second kappa shape index (κ2) is 14.7. The van der Waals surface area contributed by atoms with E-state index in [0.29, 0.717) is 19.7 Å². The van der Waals surface area contributed by atoms with Crippen LogP contribution in [0.1, 0.15) is 102 Å². The molecule has 2 aromatic carbocycles. The predicted octanol–water partition coefficient (Wildman–Crippen LogP) is 6.76. The number of ether oxygens (including phenoxy) is 2. The highest BCUT2D eigenvalue weighted by Crippen LogP contribution is 2.58. The number of aromatic nitrogens is 4. The molecule has 5 heterocycles. The summed E-state index contributed by atoms with van der Waals surface area (Å²) in [5, 5.41) is 2.74. The van der Waals surface area contributed by atoms with E-state index >= 15 is 0 Å². The fourth-order valence-electron chi connectivity index (χ4n) is 8.76. The van der Waals surface area contributed by atoms with Crippen molar-refractivity contribution in [3.8, 4) is 23.1 Å². The maximum absolute atomic E-state index is 13.8. The summed E-state index contributed by atoms with van der Waals surface area (Å²) in [5.41, 5.74) is 5.46. The van der Waals surface area contributed by atoms with Crippen molar-refractivity contribution in [3.05, 3.63) is 71.4 Å². The molecule has 2 spiro atoms. The number of amides is 3. The number of nitrogens with zero attached hydrogens (tertiary/aromatic N) is 4. The van der Waals surface area contributed by atoms with Crippen LogP contribution in [0.15, 0.2) is 48.7 Å². The van der Waals surface area contributed by atoms with E-state index in [-0.39, 0.29) is 52.5 Å². The molecule has 2 aromatic heterocycles. The van der Waals surface area contributed by atoms with Crippen molar-refractivity contribution in [1.29, 1.82) is 0 Å². The molecule has 1 saturated carbocycles. The maximum Gasteiger partial charge on any atom is 0.407 e. The molecule has 12 nitrogen and oxygen atoms in total. The van der Waals surface area contributed by atoms with Gasteiger partial charge in [-0.25, -0.2) is 14.8 Å². The Bertz CT molecular complexity index is 2180. The van der Waals surface area contributed by atoms with Crippen molar-refractivity contribution in [2.75, 3.05) is 33.4 Å². The number of alkyl carbamates (subject to hydrolysis) is 1. The zero-order chi connectivity index (χ0) is 39.4. The number of aromatic amines is 2. The summed E-state index contributed by atoms with van der Waals surface area (Å²) in [4.78, 5) is 60.3. The lowest BCUT2D eigenvalue weighted by Crippen LogP contribution is -2.51. The molecule has 294 valence electrons. The van der Waals surface area contributed by atoms with Crippen LogP contribution in [0.5, 0.6) is 0 Å². The molecule has 4 aromatic rings. The lowest BCUT2D eigenvalue weighted by atomic mass is 9.85. The Morgan fingerprint density at radius 1 is 0.857 bits per heavy atom. The predicted molar refractivity (Wildman–Crippen MR) is 212 cm³/mol. The number of carbonyl (C=O) groups excluding carboxylic acids is 3. The van der Waals surface area contributed by atoms with Crippen LogP contribution >= 0.6 is 0 Å². The van der Waals surface area contributed by atoms with Gasteiger partial charge in [0, 0.05) is 42.2 Å². The first-order valence-electron chi connectivity index (χ1n) is 20.1. The molecular formula is C44H53N7O5. The van der Waals surface area contributed by atoms with Crippen LogP contribution in [0.2, 0.25) is 0 Å². The van der Waals surface area contributed by atoms with Crippen molar-refractivity contribution >= 4 is 28.9 Å². The number of likely N-dealkylation sites (tertiary alicyclic amines) is 2. The molecule has 0 radical (unpaired) electrons. The standard InChI is InChI=1S/C44H53N7O5/c1-26(2)28(5)40(52)50-24-44(17-18-56-25-44)21-36(50)39-46-32-14-11-30(19-33(32)47-39)8-7-29-9-12-31(13-10-29)34-22-45-38(48-34)35-20-43(15-16-43)23-51(35)41(53)37(27(3)4)49-42(54)55-6/h9-14,19,22,26-28,35-37H,15-18,20-21,23-25H2,1-6H3,(H,45,48)(H,46,47)(H,49,54)/t28-,35-,36-,37-,44-/m0/s1. The van der Waals surface area contributed by atoms with Crippen LogP contribution in [0, 0.1) is 40.4 Å². The molecule has 12 heteroatoms. The molecule has 0 bridgehead atoms. The lowest BCUT2D eigenvalue weighted by Gasteiger charge is -2.30. The van der Waals surface area contributed by atoms with Crippen LogP contribution in [0.4, 0.5) is 4.79 Å². The molecule has 4 aliphatic rings. The summed E-state index contributed by atoms with van der Waals surface area (Å²) in [6.07, 6.45) is 6.06. The maximum atomic E-state index is 13.8. The molecular weight excluding hydrogens is 707 g/mol. The molecule has 3 aliphatic heterocycles. The zero-order valence-electron chi connectivity index (χ0n) is 33.3. The van der Waals surface area contributed by atoms with Crippen molar-refractivity contribution in [2.45, 2.75) is 84.8 Å². The van der Waals surface area contributed by atoms with Gasteiger partial charge in [0.05, 0.1) is 48.7 Å². The van der Waals surface area contributed by atoms with Crippen LogP contribution < -0.4 is 5.32 Å². The zero-order valence-corrected chi connectivity index (χ0v) is 33.3. The van der Waals surface area contributed by atoms with E-state index in [0.717, 1.165) is 83.8 Å². The van der Waals surface area contributed by atoms with E-state index in [1.807, 2.05) is 74.3 Å². The second-order valence-corrected chi connectivity index (χ2v) is 17.4. The molecule has 56 heavy (non-hydrogen) atoms. The fraction of sp³-hybridized carbons (Fsp3) is 0.523. The Hall–Kier alpha value is -5.15. The highest BCUT2D eigenvalue weighted by molar-refractivity contribution is 5.86. The summed E-state index contributed by atoms with van der Waals surface area (Å²) in [7, 11) is 1.31. The third kappa shape index (κ3) is 7.29. The van der Waals surface area contributed by atoms with Crippen molar-refractivity contribution in [3.63, 3.8) is 0 Å². The van der Waals surface area contributed by atoms with Gasteiger partial charge in [0.25, 0.3) is 0 Å². The minimum atomic E-state index is -0.681. The van der Waals surface area contributed by atoms with Gasteiger partial charge in [-0.1, -0.05) is 58.6 Å². The topological polar surface area (TPSA) is 146 Å². The quantitative estimate of drug-likeness (QED) is 0.168. The van der Waals surface area contributed by atoms with Crippen LogP contribution in [-0.2, 0) is 19.1 Å². The van der Waals surface area contributed by atoms with Gasteiger partial charge in [-0.3, -0.25) is 9.59 Å². The third-order valence-corrected chi connectivity index (χ3v) is 12.8. The van der Waals surface area contributed by atoms with Crippen molar-refractivity contribution in [2.24, 2.45) is 28.6 Å². The van der Waals surface area contributed by atoms with Crippen molar-refractivity contribution in [1.82, 2.24) is 35.1 Å². The molecule has 3 amide bonds. The van der Waals surface area contributed by atoms with Gasteiger partial charge in [-0.15, -0.1) is 0 Å². The number of imidazole rings is 2. The number of benzene rings is 2. The first kappa shape index (κ1) is 37.8. The Kier molecular flexibility index (Phi) is 9.94. The Morgan fingerprint density at radius 2 is 1.54 bits per heavy atom. The van der Waals surface area contributed by atoms with E-state index < -0.39 is 12.1 Å². The fourth-order valence-corrected chi connectivity index (χ4v) is 8.76. The van der Waals surface area contributed by atoms with Gasteiger partial charge in [0.2, 0.25) is 11.8 Å². The Balaban J connectivity index is 0.966. The summed E-state index contributed by atoms with van der Waals surface area (Å²) in [6.45, 7) is 12.9. The minimum Gasteiger partial charge on any atom is -0.453 e. The largest absolute Gasteiger partial charge is 0.453 e. The van der Waals surface area contributed by atoms with E-state index in [1.165, 1.54) is 7.11 Å². The van der Waals surface area contributed by atoms with Crippen LogP contribution in [0.3, 0.4) is 0 Å². The number of rotatable bonds is 8. The molecule has 0 unspecified atom stereocenters. The normalized spacial score (nSPS) is 23.6. The molecule has 3 saturated heterocycles. The summed E-state index contributed by atoms with van der Waals surface area (Å²) < 4.78 is 10.6. The third-order valence-electron chi connectivity index (χ3n) is 12.8. The molecule has 5 atom stereocenters. The highest BCUT2D eigenvalue weighted by Gasteiger charge is 2.55. The highest BCUT2D eigenvalue weighted by atomic mass is 16.5. The first-order valence-corrected chi connectivity index (χ1v) is 20.1. The molecule has 8 rings (SSSR count). The van der Waals surface area contributed by atoms with Gasteiger partial charge in [0.1, 0.15) is 17.7 Å². The molecule has 4 fully saturated rings. The minimum absolute atomic E-state index is 0.0120. The number of hydrogen-bond acceptors (Lipinski definition) is 7. The Labute approximate surface area is 328 Å². The molecule has 1 aliphatic carbocycles. The van der Waals surface area contributed by atoms with E-state index in [2.05, 4.69) is 45.9 Å². The van der Waals surface area contributed by atoms with Gasteiger partial charge < -0.3 is 34.6 Å². The number of methoxy groups -OCH3 is 1. The summed E-state index contributed by atoms with van der Waals surface area (Å²) in [6, 6.07) is 13.1. The second-order valence-electron chi connectivity index (χ2n) is 17.4. The summed E-state index contributed by atoms with van der Waals surface area (Å²) in [5.74, 6) is 8.37. The number of hydrogen-bond donors (Lipinski definition) is 3. The average molecular weight is 760 g/mol. The SMILES string of the molecule is COC(=O)N[C@H](C(=O)N1CC2(CC2)C[C@H]1c1ncc(-c2ccc(C#Cc3ccc4nc([C@@H]5C[C@@]6(CCOC6)CN5C(=O)[C@@H](C)C(C)C)[nH]c4c3)cc2)[nH]1)C(C)C. The Morgan fingerprint density at radius 3 is 2.21 bits per heavy atom. The number of carbonyl (C=O) groups is 3. The van der Waals surface area contributed by atoms with Gasteiger partial charge in [0.15, 0.2) is 0 Å². The van der Waals surface area contributed by atoms with Crippen molar-refractivity contribution < 1.29 is 23.9 Å². The van der Waals surface area contributed by atoms with Crippen LogP contribution in [-0.4, -0.2) is 87.1 Å². The summed E-state index contributed by atoms with van der Waals surface area (Å²) >= 11 is 0. The smallest absolute Gasteiger partial charge is 0.407 e. The lowest BCUT2D eigenvalue weighted by molar-refractivity contribution is -0.138. The average Bonchev–Trinajstić information content (AvgIpc) is 3.79. The van der Waals surface area contributed by atoms with E-state index in [9.17, 15) is 14.4 Å². The van der Waals surface area contributed by atoms with E-state index in [1.54, 1.807) is 0 Å². The van der Waals surface area contributed by atoms with Gasteiger partial charge in [-0.2, -0.15) is 0 Å². The molecule has 3 N–H and O–H groups in total. The van der Waals surface area contributed by atoms with Crippen LogP contribution in [0.25, 0.3) is 22.3 Å².